The van der Waals surface area contributed by atoms with Crippen LogP contribution < -0.4 is 16.4 Å². The Hall–Kier alpha value is -2.66. The molecular formula is C33H47ClN6O3S. The van der Waals surface area contributed by atoms with E-state index >= 15 is 0 Å². The van der Waals surface area contributed by atoms with Gasteiger partial charge < -0.3 is 30.9 Å². The first-order valence-electron chi connectivity index (χ1n) is 16.2. The molecule has 2 aliphatic heterocycles. The van der Waals surface area contributed by atoms with Crippen LogP contribution in [0, 0.1) is 5.92 Å². The Morgan fingerprint density at radius 1 is 1.16 bits per heavy atom. The first kappa shape index (κ1) is 32.7. The number of hydrogen-bond acceptors (Lipinski definition) is 8. The van der Waals surface area contributed by atoms with Crippen LogP contribution >= 0.6 is 22.9 Å². The van der Waals surface area contributed by atoms with Crippen LogP contribution in [0.25, 0.3) is 0 Å². The molecule has 1 saturated carbocycles. The number of amidine groups is 1. The van der Waals surface area contributed by atoms with Gasteiger partial charge in [-0.3, -0.25) is 9.59 Å². The number of piperazine rings is 1. The van der Waals surface area contributed by atoms with Gasteiger partial charge in [-0.1, -0.05) is 55.5 Å². The monoisotopic (exact) mass is 642 g/mol. The van der Waals surface area contributed by atoms with E-state index in [0.29, 0.717) is 56.4 Å². The lowest BCUT2D eigenvalue weighted by Gasteiger charge is -2.42. The van der Waals surface area contributed by atoms with Crippen molar-refractivity contribution in [2.45, 2.75) is 89.1 Å². The van der Waals surface area contributed by atoms with Crippen molar-refractivity contribution in [3.05, 3.63) is 57.2 Å². The standard InChI is InChI=1S/C33H47ClN6O3S/c1-23-30(24-10-7-11-26(34)19-24)43-33(38-23)39-16-17-40(29(22-39)31(41)37-21-28-14-8-18-44-28)32(42)25(9-5-6-15-35)20-36-27-12-3-2-4-13-27/h7-8,10-11,14,18-19,23,25,27,29-30,36H,2-6,9,12-13,15-17,20-22,35H2,1H3,(H,37,41)/t23-,25?,29-,30?/m0/s1. The molecule has 44 heavy (non-hydrogen) atoms. The molecule has 1 aromatic carbocycles. The Morgan fingerprint density at radius 3 is 2.75 bits per heavy atom. The van der Waals surface area contributed by atoms with Crippen LogP contribution in [-0.2, 0) is 20.9 Å². The molecule has 3 heterocycles. The highest BCUT2D eigenvalue weighted by Crippen LogP contribution is 2.32. The second-order valence-electron chi connectivity index (χ2n) is 12.3. The van der Waals surface area contributed by atoms with Crippen LogP contribution in [0.4, 0.5) is 0 Å². The number of nitrogens with zero attached hydrogens (tertiary/aromatic N) is 3. The summed E-state index contributed by atoms with van der Waals surface area (Å²) < 4.78 is 6.38. The van der Waals surface area contributed by atoms with Crippen molar-refractivity contribution in [1.29, 1.82) is 0 Å². The fourth-order valence-corrected chi connectivity index (χ4v) is 7.36. The van der Waals surface area contributed by atoms with Gasteiger partial charge in [-0.2, -0.15) is 0 Å². The van der Waals surface area contributed by atoms with E-state index in [1.165, 1.54) is 19.3 Å². The molecule has 240 valence electrons. The highest BCUT2D eigenvalue weighted by Gasteiger charge is 2.41. The number of halogens is 1. The molecule has 2 unspecified atom stereocenters. The number of hydrogen-bond donors (Lipinski definition) is 3. The third-order valence-corrected chi connectivity index (χ3v) is 10.1. The zero-order valence-electron chi connectivity index (χ0n) is 25.8. The van der Waals surface area contributed by atoms with Gasteiger partial charge in [0.2, 0.25) is 11.8 Å². The van der Waals surface area contributed by atoms with Crippen molar-refractivity contribution >= 4 is 40.8 Å². The number of carbonyl (C=O) groups excluding carboxylic acids is 2. The predicted octanol–water partition coefficient (Wildman–Crippen LogP) is 4.71. The van der Waals surface area contributed by atoms with Crippen LogP contribution in [0.5, 0.6) is 0 Å². The minimum absolute atomic E-state index is 0.0423. The van der Waals surface area contributed by atoms with Gasteiger partial charge in [0.1, 0.15) is 12.1 Å². The van der Waals surface area contributed by atoms with Gasteiger partial charge in [0.25, 0.3) is 6.02 Å². The predicted molar refractivity (Wildman–Crippen MR) is 177 cm³/mol. The maximum atomic E-state index is 14.2. The number of carbonyl (C=O) groups is 2. The van der Waals surface area contributed by atoms with E-state index in [0.717, 1.165) is 42.5 Å². The molecule has 9 nitrogen and oxygen atoms in total. The lowest BCUT2D eigenvalue weighted by atomic mass is 9.93. The lowest BCUT2D eigenvalue weighted by Crippen LogP contribution is -2.63. The summed E-state index contributed by atoms with van der Waals surface area (Å²) in [6, 6.07) is 11.9. The Balaban J connectivity index is 1.30. The van der Waals surface area contributed by atoms with E-state index in [9.17, 15) is 9.59 Å². The minimum atomic E-state index is -0.658. The zero-order valence-corrected chi connectivity index (χ0v) is 27.3. The number of ether oxygens (including phenoxy) is 1. The maximum Gasteiger partial charge on any atom is 0.288 e. The van der Waals surface area contributed by atoms with Crippen LogP contribution in [-0.4, -0.2) is 78.5 Å². The number of aliphatic imine (C=N–C) groups is 1. The Labute approximate surface area is 270 Å². The lowest BCUT2D eigenvalue weighted by molar-refractivity contribution is -0.146. The largest absolute Gasteiger partial charge is 0.455 e. The van der Waals surface area contributed by atoms with E-state index < -0.39 is 6.04 Å². The molecule has 2 fully saturated rings. The van der Waals surface area contributed by atoms with Crippen molar-refractivity contribution in [3.63, 3.8) is 0 Å². The summed E-state index contributed by atoms with van der Waals surface area (Å²) in [5.74, 6) is -0.314. The van der Waals surface area contributed by atoms with Crippen molar-refractivity contribution in [3.8, 4) is 0 Å². The fraction of sp³-hybridized carbons (Fsp3) is 0.606. The van der Waals surface area contributed by atoms with E-state index in [4.69, 9.17) is 27.1 Å². The first-order chi connectivity index (χ1) is 21.4. The molecule has 0 spiro atoms. The molecular weight excluding hydrogens is 596 g/mol. The maximum absolute atomic E-state index is 14.2. The van der Waals surface area contributed by atoms with E-state index in [1.54, 1.807) is 11.3 Å². The zero-order chi connectivity index (χ0) is 30.9. The SMILES string of the molecule is C[C@@H]1N=C(N2CCN(C(=O)C(CCCCN)CNC3CCCCC3)[C@H](C(=O)NCc3cccs3)C2)OC1c1cccc(Cl)c1. The summed E-state index contributed by atoms with van der Waals surface area (Å²) >= 11 is 7.86. The number of thiophene rings is 1. The van der Waals surface area contributed by atoms with Crippen LogP contribution in [0.15, 0.2) is 46.8 Å². The van der Waals surface area contributed by atoms with Gasteiger partial charge in [0.15, 0.2) is 0 Å². The van der Waals surface area contributed by atoms with Crippen molar-refractivity contribution in [2.75, 3.05) is 32.7 Å². The molecule has 5 rings (SSSR count). The van der Waals surface area contributed by atoms with Gasteiger partial charge in [-0.25, -0.2) is 4.99 Å². The molecule has 4 atom stereocenters. The molecule has 11 heteroatoms. The van der Waals surface area contributed by atoms with Crippen LogP contribution in [0.1, 0.15) is 74.8 Å². The van der Waals surface area contributed by atoms with E-state index in [2.05, 4.69) is 10.6 Å². The highest BCUT2D eigenvalue weighted by atomic mass is 35.5. The normalized spacial score (nSPS) is 23.2. The summed E-state index contributed by atoms with van der Waals surface area (Å²) in [5.41, 5.74) is 6.77. The van der Waals surface area contributed by atoms with Gasteiger partial charge in [-0.05, 0) is 68.3 Å². The first-order valence-corrected chi connectivity index (χ1v) is 17.5. The van der Waals surface area contributed by atoms with Crippen LogP contribution in [0.2, 0.25) is 5.02 Å². The number of benzene rings is 1. The number of nitrogens with two attached hydrogens (primary N) is 1. The average molecular weight is 643 g/mol. The molecule has 4 N–H and O–H groups in total. The summed E-state index contributed by atoms with van der Waals surface area (Å²) in [5, 5.41) is 9.45. The molecule has 1 aliphatic carbocycles. The topological polar surface area (TPSA) is 112 Å². The van der Waals surface area contributed by atoms with Crippen molar-refractivity contribution < 1.29 is 14.3 Å². The van der Waals surface area contributed by atoms with E-state index in [-0.39, 0.29) is 29.9 Å². The quantitative estimate of drug-likeness (QED) is 0.289. The van der Waals surface area contributed by atoms with Crippen LogP contribution in [0.3, 0.4) is 0 Å². The molecule has 2 amide bonds. The van der Waals surface area contributed by atoms with Gasteiger partial charge in [0.05, 0.1) is 25.0 Å². The summed E-state index contributed by atoms with van der Waals surface area (Å²) in [7, 11) is 0. The van der Waals surface area contributed by atoms with Gasteiger partial charge in [0, 0.05) is 35.6 Å². The Kier molecular flexibility index (Phi) is 11.9. The Morgan fingerprint density at radius 2 is 2.00 bits per heavy atom. The van der Waals surface area contributed by atoms with Crippen molar-refractivity contribution in [2.24, 2.45) is 16.6 Å². The summed E-state index contributed by atoms with van der Waals surface area (Å²) in [4.78, 5) is 37.8. The van der Waals surface area contributed by atoms with Gasteiger partial charge >= 0.3 is 0 Å². The molecule has 3 aliphatic rings. The Bertz CT molecular complexity index is 1250. The molecule has 0 bridgehead atoms. The van der Waals surface area contributed by atoms with E-state index in [1.807, 2.05) is 58.5 Å². The van der Waals surface area contributed by atoms with Gasteiger partial charge in [-0.15, -0.1) is 11.3 Å². The van der Waals surface area contributed by atoms with Crippen molar-refractivity contribution in [1.82, 2.24) is 20.4 Å². The third-order valence-electron chi connectivity index (χ3n) is 9.03. The molecule has 0 radical (unpaired) electrons. The molecule has 1 aromatic heterocycles. The third kappa shape index (κ3) is 8.53. The number of rotatable bonds is 12. The number of unbranched alkanes of at least 4 members (excludes halogenated alkanes) is 1. The second kappa shape index (κ2) is 16.1. The summed E-state index contributed by atoms with van der Waals surface area (Å²) in [6.45, 7) is 4.98. The minimum Gasteiger partial charge on any atom is -0.455 e. The average Bonchev–Trinajstić information content (AvgIpc) is 3.71. The number of nitrogens with one attached hydrogen (secondary N) is 2. The summed E-state index contributed by atoms with van der Waals surface area (Å²) in [6.07, 6.45) is 8.36. The second-order valence-corrected chi connectivity index (χ2v) is 13.7. The molecule has 1 saturated heterocycles. The highest BCUT2D eigenvalue weighted by molar-refractivity contribution is 7.09. The smallest absolute Gasteiger partial charge is 0.288 e. The molecule has 2 aromatic rings. The number of amides is 2. The fourth-order valence-electron chi connectivity index (χ4n) is 6.52.